The summed E-state index contributed by atoms with van der Waals surface area (Å²) in [5, 5.41) is 1.01. The van der Waals surface area contributed by atoms with Crippen LogP contribution in [0.5, 0.6) is 0 Å². The summed E-state index contributed by atoms with van der Waals surface area (Å²) >= 11 is 0. The van der Waals surface area contributed by atoms with E-state index >= 15 is 0 Å². The lowest BCUT2D eigenvalue weighted by Crippen LogP contribution is -2.44. The van der Waals surface area contributed by atoms with Crippen LogP contribution in [-0.4, -0.2) is 36.6 Å². The van der Waals surface area contributed by atoms with Crippen LogP contribution in [-0.2, 0) is 4.74 Å². The van der Waals surface area contributed by atoms with Gasteiger partial charge in [-0.25, -0.2) is 0 Å². The van der Waals surface area contributed by atoms with Gasteiger partial charge in [0.25, 0.3) is 5.91 Å². The Morgan fingerprint density at radius 2 is 2.16 bits per heavy atom. The van der Waals surface area contributed by atoms with Gasteiger partial charge in [-0.1, -0.05) is 18.2 Å². The molecule has 0 radical (unpaired) electrons. The SMILES string of the molecule is Cc1c(C(=O)N2CCOC(C)C2)oc2ccccc12. The van der Waals surface area contributed by atoms with E-state index in [2.05, 4.69) is 0 Å². The van der Waals surface area contributed by atoms with Gasteiger partial charge in [-0.2, -0.15) is 0 Å². The Labute approximate surface area is 111 Å². The van der Waals surface area contributed by atoms with Gasteiger partial charge in [0.1, 0.15) is 5.58 Å². The normalized spacial score (nSPS) is 19.9. The average molecular weight is 259 g/mol. The van der Waals surface area contributed by atoms with Crippen molar-refractivity contribution >= 4 is 16.9 Å². The summed E-state index contributed by atoms with van der Waals surface area (Å²) in [4.78, 5) is 14.3. The van der Waals surface area contributed by atoms with E-state index in [1.54, 1.807) is 4.90 Å². The van der Waals surface area contributed by atoms with Crippen molar-refractivity contribution in [1.29, 1.82) is 0 Å². The molecule has 0 aliphatic carbocycles. The second-order valence-corrected chi connectivity index (χ2v) is 4.98. The molecule has 1 atom stereocenters. The second kappa shape index (κ2) is 4.70. The predicted molar refractivity (Wildman–Crippen MR) is 72.3 cm³/mol. The Hall–Kier alpha value is -1.81. The Balaban J connectivity index is 1.95. The molecule has 3 rings (SSSR count). The fourth-order valence-electron chi connectivity index (χ4n) is 2.52. The Morgan fingerprint density at radius 3 is 2.89 bits per heavy atom. The number of fused-ring (bicyclic) bond motifs is 1. The number of rotatable bonds is 1. The van der Waals surface area contributed by atoms with E-state index in [1.165, 1.54) is 0 Å². The van der Waals surface area contributed by atoms with E-state index in [-0.39, 0.29) is 12.0 Å². The van der Waals surface area contributed by atoms with Crippen LogP contribution >= 0.6 is 0 Å². The number of aryl methyl sites for hydroxylation is 1. The number of hydrogen-bond donors (Lipinski definition) is 0. The van der Waals surface area contributed by atoms with Gasteiger partial charge in [-0.3, -0.25) is 4.79 Å². The quantitative estimate of drug-likeness (QED) is 0.790. The molecule has 2 heterocycles. The lowest BCUT2D eigenvalue weighted by molar-refractivity contribution is -0.0134. The van der Waals surface area contributed by atoms with Crippen LogP contribution in [0, 0.1) is 6.92 Å². The molecule has 1 saturated heterocycles. The van der Waals surface area contributed by atoms with Crippen molar-refractivity contribution in [1.82, 2.24) is 4.90 Å². The van der Waals surface area contributed by atoms with Gasteiger partial charge in [0, 0.05) is 24.0 Å². The number of para-hydroxylation sites is 1. The zero-order valence-corrected chi connectivity index (χ0v) is 11.2. The standard InChI is InChI=1S/C15H17NO3/c1-10-9-16(7-8-18-10)15(17)14-11(2)12-5-3-4-6-13(12)19-14/h3-6,10H,7-9H2,1-2H3. The van der Waals surface area contributed by atoms with E-state index in [1.807, 2.05) is 38.1 Å². The van der Waals surface area contributed by atoms with Crippen molar-refractivity contribution < 1.29 is 13.9 Å². The third kappa shape index (κ3) is 2.12. The number of nitrogens with zero attached hydrogens (tertiary/aromatic N) is 1. The highest BCUT2D eigenvalue weighted by Gasteiger charge is 2.26. The van der Waals surface area contributed by atoms with Crippen LogP contribution in [0.1, 0.15) is 23.0 Å². The van der Waals surface area contributed by atoms with Crippen LogP contribution in [0.25, 0.3) is 11.0 Å². The first-order valence-corrected chi connectivity index (χ1v) is 6.56. The molecule has 1 aromatic carbocycles. The number of benzene rings is 1. The molecule has 1 aliphatic heterocycles. The highest BCUT2D eigenvalue weighted by atomic mass is 16.5. The van der Waals surface area contributed by atoms with Gasteiger partial charge in [0.15, 0.2) is 5.76 Å². The molecule has 0 spiro atoms. The number of hydrogen-bond acceptors (Lipinski definition) is 3. The number of amides is 1. The van der Waals surface area contributed by atoms with Crippen molar-refractivity contribution in [2.75, 3.05) is 19.7 Å². The van der Waals surface area contributed by atoms with E-state index in [4.69, 9.17) is 9.15 Å². The van der Waals surface area contributed by atoms with Crippen molar-refractivity contribution in [3.63, 3.8) is 0 Å². The maximum absolute atomic E-state index is 12.5. The lowest BCUT2D eigenvalue weighted by atomic mass is 10.1. The fourth-order valence-corrected chi connectivity index (χ4v) is 2.52. The number of carbonyl (C=O) groups is 1. The van der Waals surface area contributed by atoms with Crippen molar-refractivity contribution in [2.45, 2.75) is 20.0 Å². The van der Waals surface area contributed by atoms with Crippen LogP contribution in [0.2, 0.25) is 0 Å². The molecule has 1 aliphatic rings. The minimum atomic E-state index is -0.0381. The largest absolute Gasteiger partial charge is 0.451 e. The number of morpholine rings is 1. The molecule has 0 bridgehead atoms. The van der Waals surface area contributed by atoms with Gasteiger partial charge in [-0.15, -0.1) is 0 Å². The van der Waals surface area contributed by atoms with Crippen LogP contribution in [0.4, 0.5) is 0 Å². The Bertz CT molecular complexity index is 617. The first kappa shape index (κ1) is 12.2. The third-order valence-electron chi connectivity index (χ3n) is 3.57. The summed E-state index contributed by atoms with van der Waals surface area (Å²) in [6, 6.07) is 7.74. The molecule has 100 valence electrons. The second-order valence-electron chi connectivity index (χ2n) is 4.98. The van der Waals surface area contributed by atoms with Gasteiger partial charge in [0.2, 0.25) is 0 Å². The van der Waals surface area contributed by atoms with Crippen LogP contribution in [0.3, 0.4) is 0 Å². The van der Waals surface area contributed by atoms with Gasteiger partial charge in [0.05, 0.1) is 12.7 Å². The van der Waals surface area contributed by atoms with Crippen LogP contribution in [0.15, 0.2) is 28.7 Å². The first-order chi connectivity index (χ1) is 9.16. The van der Waals surface area contributed by atoms with E-state index < -0.39 is 0 Å². The molecular formula is C15H17NO3. The zero-order valence-electron chi connectivity index (χ0n) is 11.2. The Morgan fingerprint density at radius 1 is 1.37 bits per heavy atom. The third-order valence-corrected chi connectivity index (χ3v) is 3.57. The maximum Gasteiger partial charge on any atom is 0.290 e. The Kier molecular flexibility index (Phi) is 3.03. The molecule has 1 unspecified atom stereocenters. The van der Waals surface area contributed by atoms with E-state index in [0.29, 0.717) is 25.5 Å². The summed E-state index contributed by atoms with van der Waals surface area (Å²) in [6.07, 6.45) is 0.0855. The molecule has 4 nitrogen and oxygen atoms in total. The van der Waals surface area contributed by atoms with Crippen molar-refractivity contribution in [2.24, 2.45) is 0 Å². The minimum Gasteiger partial charge on any atom is -0.451 e. The summed E-state index contributed by atoms with van der Waals surface area (Å²) in [6.45, 7) is 5.75. The lowest BCUT2D eigenvalue weighted by Gasteiger charge is -2.30. The number of furan rings is 1. The maximum atomic E-state index is 12.5. The highest BCUT2D eigenvalue weighted by Crippen LogP contribution is 2.26. The summed E-state index contributed by atoms with van der Waals surface area (Å²) in [5.74, 6) is 0.416. The van der Waals surface area contributed by atoms with Crippen LogP contribution < -0.4 is 0 Å². The van der Waals surface area contributed by atoms with Crippen molar-refractivity contribution in [3.8, 4) is 0 Å². The molecular weight excluding hydrogens is 242 g/mol. The molecule has 4 heteroatoms. The molecule has 0 saturated carbocycles. The molecule has 19 heavy (non-hydrogen) atoms. The molecule has 0 N–H and O–H groups in total. The molecule has 1 aromatic heterocycles. The average Bonchev–Trinajstić information content (AvgIpc) is 2.76. The predicted octanol–water partition coefficient (Wildman–Crippen LogP) is 2.60. The smallest absolute Gasteiger partial charge is 0.290 e. The first-order valence-electron chi connectivity index (χ1n) is 6.56. The van der Waals surface area contributed by atoms with Gasteiger partial charge < -0.3 is 14.1 Å². The van der Waals surface area contributed by atoms with Gasteiger partial charge >= 0.3 is 0 Å². The summed E-state index contributed by atoms with van der Waals surface area (Å²) < 4.78 is 11.2. The fraction of sp³-hybridized carbons (Fsp3) is 0.400. The molecule has 2 aromatic rings. The minimum absolute atomic E-state index is 0.0381. The topological polar surface area (TPSA) is 42.7 Å². The molecule has 1 fully saturated rings. The van der Waals surface area contributed by atoms with E-state index in [9.17, 15) is 4.79 Å². The molecule has 1 amide bonds. The number of ether oxygens (including phenoxy) is 1. The highest BCUT2D eigenvalue weighted by molar-refractivity contribution is 5.98. The summed E-state index contributed by atoms with van der Waals surface area (Å²) in [7, 11) is 0. The zero-order chi connectivity index (χ0) is 13.4. The number of carbonyl (C=O) groups excluding carboxylic acids is 1. The van der Waals surface area contributed by atoms with Crippen molar-refractivity contribution in [3.05, 3.63) is 35.6 Å². The van der Waals surface area contributed by atoms with E-state index in [0.717, 1.165) is 16.5 Å². The monoisotopic (exact) mass is 259 g/mol. The summed E-state index contributed by atoms with van der Waals surface area (Å²) in [5.41, 5.74) is 1.68. The van der Waals surface area contributed by atoms with Gasteiger partial charge in [-0.05, 0) is 19.9 Å².